The van der Waals surface area contributed by atoms with E-state index in [0.717, 1.165) is 36.0 Å². The maximum atomic E-state index is 10.2. The zero-order valence-electron chi connectivity index (χ0n) is 15.9. The summed E-state index contributed by atoms with van der Waals surface area (Å²) in [6, 6.07) is 13.6. The van der Waals surface area contributed by atoms with Crippen molar-refractivity contribution in [3.05, 3.63) is 53.7 Å². The van der Waals surface area contributed by atoms with E-state index in [1.165, 1.54) is 25.9 Å². The Morgan fingerprint density at radius 2 is 1.79 bits per heavy atom. The van der Waals surface area contributed by atoms with Crippen LogP contribution in [0.1, 0.15) is 28.9 Å². The number of hydrogen-bond acceptors (Lipinski definition) is 6. The quantitative estimate of drug-likeness (QED) is 0.731. The van der Waals surface area contributed by atoms with Crippen LogP contribution < -0.4 is 4.90 Å². The van der Waals surface area contributed by atoms with Gasteiger partial charge < -0.3 is 19.3 Å². The third kappa shape index (κ3) is 3.99. The predicted octanol–water partition coefficient (Wildman–Crippen LogP) is 3.20. The highest BCUT2D eigenvalue weighted by Gasteiger charge is 2.31. The van der Waals surface area contributed by atoms with Crippen molar-refractivity contribution in [2.45, 2.75) is 25.8 Å². The first kappa shape index (κ1) is 18.4. The van der Waals surface area contributed by atoms with Gasteiger partial charge in [-0.1, -0.05) is 18.2 Å². The molecule has 0 saturated carbocycles. The lowest BCUT2D eigenvalue weighted by molar-refractivity contribution is 0.0697. The maximum Gasteiger partial charge on any atom is 0.335 e. The van der Waals surface area contributed by atoms with E-state index < -0.39 is 5.97 Å². The first-order chi connectivity index (χ1) is 13.6. The fraction of sp³-hybridized carbons (Fsp3) is 0.381. The van der Waals surface area contributed by atoms with Crippen LogP contribution in [0.25, 0.3) is 11.2 Å². The SMILES string of the molecule is Cc1ccc2oc(N3CCN4CCC3CC4)nc2n1.O=C(O)c1ccccc1. The molecule has 7 nitrogen and oxygen atoms in total. The van der Waals surface area contributed by atoms with Gasteiger partial charge in [-0.2, -0.15) is 4.98 Å². The van der Waals surface area contributed by atoms with Crippen LogP contribution in [0.4, 0.5) is 6.01 Å². The molecule has 0 unspecified atom stereocenters. The van der Waals surface area contributed by atoms with Crippen molar-refractivity contribution in [1.82, 2.24) is 14.9 Å². The lowest BCUT2D eigenvalue weighted by Gasteiger charge is -2.30. The number of hydrogen-bond donors (Lipinski definition) is 1. The number of anilines is 1. The molecule has 7 heteroatoms. The third-order valence-corrected chi connectivity index (χ3v) is 5.30. The largest absolute Gasteiger partial charge is 0.478 e. The Kier molecular flexibility index (Phi) is 5.25. The van der Waals surface area contributed by atoms with Gasteiger partial charge in [-0.3, -0.25) is 0 Å². The maximum absolute atomic E-state index is 10.2. The van der Waals surface area contributed by atoms with Crippen LogP contribution in [0.5, 0.6) is 0 Å². The third-order valence-electron chi connectivity index (χ3n) is 5.30. The summed E-state index contributed by atoms with van der Waals surface area (Å²) in [6.07, 6.45) is 2.43. The zero-order chi connectivity index (χ0) is 19.5. The number of fused-ring (bicyclic) bond motifs is 5. The summed E-state index contributed by atoms with van der Waals surface area (Å²) in [5, 5.41) is 8.38. The molecule has 1 aromatic carbocycles. The molecule has 3 fully saturated rings. The van der Waals surface area contributed by atoms with E-state index in [1.54, 1.807) is 30.3 Å². The molecule has 146 valence electrons. The van der Waals surface area contributed by atoms with Crippen molar-refractivity contribution in [1.29, 1.82) is 0 Å². The van der Waals surface area contributed by atoms with E-state index in [9.17, 15) is 4.79 Å². The molecule has 3 saturated heterocycles. The summed E-state index contributed by atoms with van der Waals surface area (Å²) in [6.45, 7) is 6.52. The lowest BCUT2D eigenvalue weighted by atomic mass is 10.1. The average molecular weight is 380 g/mol. The van der Waals surface area contributed by atoms with Crippen LogP contribution in [0, 0.1) is 6.92 Å². The molecule has 3 aromatic rings. The first-order valence-corrected chi connectivity index (χ1v) is 9.61. The van der Waals surface area contributed by atoms with Gasteiger partial charge in [-0.25, -0.2) is 9.78 Å². The molecule has 2 aromatic heterocycles. The molecular weight excluding hydrogens is 356 g/mol. The van der Waals surface area contributed by atoms with Gasteiger partial charge in [-0.05, 0) is 44.0 Å². The number of aromatic nitrogens is 2. The number of carboxylic acid groups (broad SMARTS) is 1. The molecule has 0 aliphatic carbocycles. The number of pyridine rings is 1. The second-order valence-corrected chi connectivity index (χ2v) is 7.21. The van der Waals surface area contributed by atoms with Gasteiger partial charge in [0.05, 0.1) is 5.56 Å². The summed E-state index contributed by atoms with van der Waals surface area (Å²) in [7, 11) is 0. The van der Waals surface area contributed by atoms with E-state index in [-0.39, 0.29) is 0 Å². The molecule has 0 amide bonds. The average Bonchev–Trinajstić information content (AvgIpc) is 2.89. The first-order valence-electron chi connectivity index (χ1n) is 9.61. The number of rotatable bonds is 2. The van der Waals surface area contributed by atoms with Crippen LogP contribution in [0.15, 0.2) is 46.9 Å². The molecular formula is C21H24N4O3. The van der Waals surface area contributed by atoms with E-state index in [2.05, 4.69) is 19.8 Å². The Hall–Kier alpha value is -2.93. The van der Waals surface area contributed by atoms with Crippen molar-refractivity contribution in [2.75, 3.05) is 31.1 Å². The standard InChI is InChI=1S/C14H18N4O.C7H6O2/c1-10-2-3-12-13(15-10)16-14(19-12)18-9-8-17-6-4-11(18)5-7-17;8-7(9)6-4-2-1-3-5-6/h2-3,11H,4-9H2,1H3;1-5H,(H,8,9). The summed E-state index contributed by atoms with van der Waals surface area (Å²) < 4.78 is 5.90. The van der Waals surface area contributed by atoms with E-state index in [0.29, 0.717) is 11.6 Å². The van der Waals surface area contributed by atoms with Crippen molar-refractivity contribution < 1.29 is 14.3 Å². The number of aryl methyl sites for hydroxylation is 1. The highest BCUT2D eigenvalue weighted by molar-refractivity contribution is 5.87. The van der Waals surface area contributed by atoms with Crippen LogP contribution in [0.3, 0.4) is 0 Å². The number of oxazole rings is 1. The summed E-state index contributed by atoms with van der Waals surface area (Å²) in [5.74, 6) is -0.879. The van der Waals surface area contributed by atoms with Crippen LogP contribution >= 0.6 is 0 Å². The van der Waals surface area contributed by atoms with Gasteiger partial charge in [0.15, 0.2) is 5.58 Å². The van der Waals surface area contributed by atoms with Crippen LogP contribution in [0.2, 0.25) is 0 Å². The fourth-order valence-electron chi connectivity index (χ4n) is 3.74. The fourth-order valence-corrected chi connectivity index (χ4v) is 3.74. The molecule has 0 radical (unpaired) electrons. The van der Waals surface area contributed by atoms with Gasteiger partial charge in [-0.15, -0.1) is 0 Å². The van der Waals surface area contributed by atoms with Crippen LogP contribution in [-0.2, 0) is 0 Å². The van der Waals surface area contributed by atoms with E-state index in [4.69, 9.17) is 9.52 Å². The summed E-state index contributed by atoms with van der Waals surface area (Å²) in [4.78, 5) is 24.1. The lowest BCUT2D eigenvalue weighted by Crippen LogP contribution is -2.38. The van der Waals surface area contributed by atoms with Crippen molar-refractivity contribution in [3.8, 4) is 0 Å². The minimum absolute atomic E-state index is 0.331. The topological polar surface area (TPSA) is 82.7 Å². The molecule has 3 aliphatic heterocycles. The predicted molar refractivity (Wildman–Crippen MR) is 107 cm³/mol. The number of piperidine rings is 1. The molecule has 3 aliphatic rings. The minimum atomic E-state index is -0.879. The van der Waals surface area contributed by atoms with Gasteiger partial charge in [0.2, 0.25) is 5.65 Å². The Bertz CT molecular complexity index is 949. The Morgan fingerprint density at radius 3 is 2.46 bits per heavy atom. The van der Waals surface area contributed by atoms with E-state index in [1.807, 2.05) is 19.1 Å². The summed E-state index contributed by atoms with van der Waals surface area (Å²) >= 11 is 0. The second kappa shape index (κ2) is 7.98. The molecule has 5 heterocycles. The summed E-state index contributed by atoms with van der Waals surface area (Å²) in [5.41, 5.74) is 2.83. The van der Waals surface area contributed by atoms with Crippen molar-refractivity contribution in [2.24, 2.45) is 0 Å². The Morgan fingerprint density at radius 1 is 1.04 bits per heavy atom. The number of nitrogens with zero attached hydrogens (tertiary/aromatic N) is 4. The normalized spacial score (nSPS) is 21.1. The molecule has 1 N–H and O–H groups in total. The van der Waals surface area contributed by atoms with Gasteiger partial charge in [0, 0.05) is 37.9 Å². The molecule has 28 heavy (non-hydrogen) atoms. The van der Waals surface area contributed by atoms with Crippen LogP contribution in [-0.4, -0.2) is 58.2 Å². The van der Waals surface area contributed by atoms with Crippen molar-refractivity contribution in [3.63, 3.8) is 0 Å². The number of carbonyl (C=O) groups is 1. The number of benzene rings is 1. The number of aromatic carboxylic acids is 1. The van der Waals surface area contributed by atoms with Gasteiger partial charge >= 0.3 is 5.97 Å². The Labute approximate surface area is 163 Å². The number of carboxylic acids is 1. The smallest absolute Gasteiger partial charge is 0.335 e. The monoisotopic (exact) mass is 380 g/mol. The van der Waals surface area contributed by atoms with Gasteiger partial charge in [0.1, 0.15) is 0 Å². The van der Waals surface area contributed by atoms with E-state index >= 15 is 0 Å². The minimum Gasteiger partial charge on any atom is -0.478 e. The molecule has 6 rings (SSSR count). The van der Waals surface area contributed by atoms with Crippen molar-refractivity contribution >= 4 is 23.2 Å². The molecule has 0 spiro atoms. The highest BCUT2D eigenvalue weighted by atomic mass is 16.4. The molecule has 0 atom stereocenters. The molecule has 2 bridgehead atoms. The zero-order valence-corrected chi connectivity index (χ0v) is 15.9. The van der Waals surface area contributed by atoms with Gasteiger partial charge in [0.25, 0.3) is 6.01 Å². The second-order valence-electron chi connectivity index (χ2n) is 7.21. The highest BCUT2D eigenvalue weighted by Crippen LogP contribution is 2.28. The Balaban J connectivity index is 0.000000181.